The molecule has 0 unspecified atom stereocenters. The van der Waals surface area contributed by atoms with Gasteiger partial charge in [-0.3, -0.25) is 4.79 Å². The summed E-state index contributed by atoms with van der Waals surface area (Å²) in [6.45, 7) is 6.32. The van der Waals surface area contributed by atoms with Gasteiger partial charge in [-0.2, -0.15) is 5.10 Å². The van der Waals surface area contributed by atoms with E-state index >= 15 is 0 Å². The molecule has 0 aliphatic carbocycles. The lowest BCUT2D eigenvalue weighted by atomic mass is 10.2. The van der Waals surface area contributed by atoms with E-state index in [1.165, 1.54) is 6.08 Å². The second-order valence-corrected chi connectivity index (χ2v) is 5.79. The van der Waals surface area contributed by atoms with Crippen LogP contribution in [0, 0.1) is 6.92 Å². The Kier molecular flexibility index (Phi) is 5.39. The molecule has 0 fully saturated rings. The van der Waals surface area contributed by atoms with Gasteiger partial charge >= 0.3 is 0 Å². The fraction of sp³-hybridized carbons (Fsp3) is 0.294. The zero-order valence-electron chi connectivity index (χ0n) is 13.0. The quantitative estimate of drug-likeness (QED) is 0.859. The van der Waals surface area contributed by atoms with E-state index in [9.17, 15) is 4.79 Å². The second-order valence-electron chi connectivity index (χ2n) is 5.43. The Balaban J connectivity index is 2.17. The van der Waals surface area contributed by atoms with E-state index in [1.54, 1.807) is 10.8 Å². The summed E-state index contributed by atoms with van der Waals surface area (Å²) in [5.74, 6) is -0.138. The van der Waals surface area contributed by atoms with Crippen molar-refractivity contribution in [3.8, 4) is 0 Å². The molecule has 2 rings (SSSR count). The van der Waals surface area contributed by atoms with Gasteiger partial charge in [0.25, 0.3) is 0 Å². The number of carbonyl (C=O) groups excluding carboxylic acids is 1. The van der Waals surface area contributed by atoms with E-state index in [0.717, 1.165) is 16.8 Å². The van der Waals surface area contributed by atoms with Crippen LogP contribution in [0.2, 0.25) is 5.15 Å². The summed E-state index contributed by atoms with van der Waals surface area (Å²) < 4.78 is 1.74. The molecular weight excluding hydrogens is 298 g/mol. The SMILES string of the molecule is Cc1nn(Cc2ccccc2)c(Cl)c1/C=C/C(=O)NC(C)C. The molecule has 1 N–H and O–H groups in total. The summed E-state index contributed by atoms with van der Waals surface area (Å²) in [7, 11) is 0. The fourth-order valence-electron chi connectivity index (χ4n) is 2.11. The molecule has 0 bridgehead atoms. The first kappa shape index (κ1) is 16.3. The van der Waals surface area contributed by atoms with Crippen molar-refractivity contribution in [3.05, 3.63) is 58.4 Å². The molecule has 0 aliphatic heterocycles. The van der Waals surface area contributed by atoms with Crippen LogP contribution in [0.5, 0.6) is 0 Å². The third kappa shape index (κ3) is 4.21. The van der Waals surface area contributed by atoms with Crippen LogP contribution < -0.4 is 5.32 Å². The molecule has 0 radical (unpaired) electrons. The minimum atomic E-state index is -0.138. The highest BCUT2D eigenvalue weighted by atomic mass is 35.5. The minimum Gasteiger partial charge on any atom is -0.350 e. The van der Waals surface area contributed by atoms with Gasteiger partial charge in [-0.15, -0.1) is 0 Å². The van der Waals surface area contributed by atoms with E-state index in [1.807, 2.05) is 51.1 Å². The molecule has 1 heterocycles. The van der Waals surface area contributed by atoms with E-state index in [4.69, 9.17) is 11.6 Å². The number of aromatic nitrogens is 2. The van der Waals surface area contributed by atoms with E-state index in [2.05, 4.69) is 10.4 Å². The first-order chi connectivity index (χ1) is 10.5. The van der Waals surface area contributed by atoms with Crippen LogP contribution in [0.15, 0.2) is 36.4 Å². The Morgan fingerprint density at radius 2 is 2.05 bits per heavy atom. The van der Waals surface area contributed by atoms with Gasteiger partial charge < -0.3 is 5.32 Å². The number of halogens is 1. The van der Waals surface area contributed by atoms with Crippen LogP contribution in [0.25, 0.3) is 6.08 Å². The summed E-state index contributed by atoms with van der Waals surface area (Å²) in [5.41, 5.74) is 2.70. The zero-order valence-corrected chi connectivity index (χ0v) is 13.8. The van der Waals surface area contributed by atoms with Crippen molar-refractivity contribution in [1.29, 1.82) is 0 Å². The highest BCUT2D eigenvalue weighted by Gasteiger charge is 2.11. The lowest BCUT2D eigenvalue weighted by Crippen LogP contribution is -2.28. The van der Waals surface area contributed by atoms with Crippen molar-refractivity contribution in [2.45, 2.75) is 33.4 Å². The predicted molar refractivity (Wildman–Crippen MR) is 89.8 cm³/mol. The standard InChI is InChI=1S/C17H20ClN3O/c1-12(2)19-16(22)10-9-15-13(3)20-21(17(15)18)11-14-7-5-4-6-8-14/h4-10,12H,11H2,1-3H3,(H,19,22)/b10-9+. The van der Waals surface area contributed by atoms with Crippen molar-refractivity contribution in [2.24, 2.45) is 0 Å². The Labute approximate surface area is 135 Å². The molecule has 2 aromatic rings. The molecule has 0 saturated carbocycles. The summed E-state index contributed by atoms with van der Waals surface area (Å²) in [5, 5.41) is 7.79. The van der Waals surface area contributed by atoms with Crippen molar-refractivity contribution in [3.63, 3.8) is 0 Å². The molecule has 22 heavy (non-hydrogen) atoms. The Bertz CT molecular complexity index is 675. The van der Waals surface area contributed by atoms with Gasteiger partial charge in [0.1, 0.15) is 5.15 Å². The molecule has 4 nitrogen and oxygen atoms in total. The lowest BCUT2D eigenvalue weighted by Gasteiger charge is -2.04. The van der Waals surface area contributed by atoms with Crippen molar-refractivity contribution < 1.29 is 4.79 Å². The molecule has 0 spiro atoms. The van der Waals surface area contributed by atoms with E-state index in [0.29, 0.717) is 11.7 Å². The van der Waals surface area contributed by atoms with Crippen LogP contribution in [-0.4, -0.2) is 21.7 Å². The average Bonchev–Trinajstić information content (AvgIpc) is 2.72. The van der Waals surface area contributed by atoms with Gasteiger partial charge in [0.2, 0.25) is 5.91 Å². The highest BCUT2D eigenvalue weighted by molar-refractivity contribution is 6.31. The molecule has 0 aliphatic rings. The Morgan fingerprint density at radius 1 is 1.36 bits per heavy atom. The van der Waals surface area contributed by atoms with Crippen LogP contribution in [0.3, 0.4) is 0 Å². The molecule has 5 heteroatoms. The zero-order chi connectivity index (χ0) is 16.1. The van der Waals surface area contributed by atoms with Crippen LogP contribution in [0.1, 0.15) is 30.7 Å². The molecule has 1 aromatic heterocycles. The van der Waals surface area contributed by atoms with Gasteiger partial charge in [-0.1, -0.05) is 41.9 Å². The van der Waals surface area contributed by atoms with Crippen molar-refractivity contribution in [1.82, 2.24) is 15.1 Å². The second kappa shape index (κ2) is 7.27. The number of amides is 1. The van der Waals surface area contributed by atoms with Gasteiger partial charge in [0, 0.05) is 17.7 Å². The number of hydrogen-bond acceptors (Lipinski definition) is 2. The number of rotatable bonds is 5. The van der Waals surface area contributed by atoms with E-state index < -0.39 is 0 Å². The fourth-order valence-corrected chi connectivity index (χ4v) is 2.41. The highest BCUT2D eigenvalue weighted by Crippen LogP contribution is 2.22. The average molecular weight is 318 g/mol. The third-order valence-electron chi connectivity index (χ3n) is 3.12. The third-order valence-corrected chi connectivity index (χ3v) is 3.52. The summed E-state index contributed by atoms with van der Waals surface area (Å²) in [6, 6.07) is 10.1. The Hall–Kier alpha value is -2.07. The largest absolute Gasteiger partial charge is 0.350 e. The lowest BCUT2D eigenvalue weighted by molar-refractivity contribution is -0.116. The molecule has 1 aromatic carbocycles. The predicted octanol–water partition coefficient (Wildman–Crippen LogP) is 3.43. The van der Waals surface area contributed by atoms with Crippen LogP contribution >= 0.6 is 11.6 Å². The number of aryl methyl sites for hydroxylation is 1. The molecule has 116 valence electrons. The monoisotopic (exact) mass is 317 g/mol. The number of benzene rings is 1. The van der Waals surface area contributed by atoms with Crippen molar-refractivity contribution >= 4 is 23.6 Å². The molecule has 1 amide bonds. The maximum Gasteiger partial charge on any atom is 0.244 e. The smallest absolute Gasteiger partial charge is 0.244 e. The van der Waals surface area contributed by atoms with Gasteiger partial charge in [-0.05, 0) is 32.4 Å². The molecular formula is C17H20ClN3O. The molecule has 0 atom stereocenters. The number of nitrogens with one attached hydrogen (secondary N) is 1. The van der Waals surface area contributed by atoms with Gasteiger partial charge in [0.15, 0.2) is 0 Å². The Morgan fingerprint density at radius 3 is 2.68 bits per heavy atom. The number of carbonyl (C=O) groups is 1. The summed E-state index contributed by atoms with van der Waals surface area (Å²) >= 11 is 6.39. The van der Waals surface area contributed by atoms with Crippen molar-refractivity contribution in [2.75, 3.05) is 0 Å². The van der Waals surface area contributed by atoms with E-state index in [-0.39, 0.29) is 11.9 Å². The normalized spacial score (nSPS) is 11.3. The minimum absolute atomic E-state index is 0.106. The van der Waals surface area contributed by atoms with Crippen LogP contribution in [0.4, 0.5) is 0 Å². The molecule has 0 saturated heterocycles. The number of nitrogens with zero attached hydrogens (tertiary/aromatic N) is 2. The topological polar surface area (TPSA) is 46.9 Å². The summed E-state index contributed by atoms with van der Waals surface area (Å²) in [4.78, 5) is 11.7. The summed E-state index contributed by atoms with van der Waals surface area (Å²) in [6.07, 6.45) is 3.20. The van der Waals surface area contributed by atoms with Gasteiger partial charge in [0.05, 0.1) is 12.2 Å². The first-order valence-corrected chi connectivity index (χ1v) is 7.60. The first-order valence-electron chi connectivity index (χ1n) is 7.22. The van der Waals surface area contributed by atoms with Gasteiger partial charge in [-0.25, -0.2) is 4.68 Å². The van der Waals surface area contributed by atoms with Crippen LogP contribution in [-0.2, 0) is 11.3 Å². The maximum absolute atomic E-state index is 11.7. The number of hydrogen-bond donors (Lipinski definition) is 1. The maximum atomic E-state index is 11.7.